The quantitative estimate of drug-likeness (QED) is 0.370. The van der Waals surface area contributed by atoms with Crippen molar-refractivity contribution in [2.24, 2.45) is 5.92 Å². The van der Waals surface area contributed by atoms with Crippen molar-refractivity contribution >= 4 is 21.6 Å². The van der Waals surface area contributed by atoms with Gasteiger partial charge in [0.1, 0.15) is 0 Å². The van der Waals surface area contributed by atoms with Crippen LogP contribution >= 0.6 is 0 Å². The van der Waals surface area contributed by atoms with Gasteiger partial charge in [0.25, 0.3) is 0 Å². The van der Waals surface area contributed by atoms with Crippen molar-refractivity contribution in [1.29, 1.82) is 0 Å². The van der Waals surface area contributed by atoms with Gasteiger partial charge in [-0.05, 0) is 36.6 Å². The maximum absolute atomic E-state index is 11.8. The fourth-order valence-corrected chi connectivity index (χ4v) is 4.69. The van der Waals surface area contributed by atoms with Gasteiger partial charge < -0.3 is 4.52 Å². The molecule has 1 aromatic heterocycles. The Morgan fingerprint density at radius 3 is 2.58 bits per heavy atom. The third-order valence-electron chi connectivity index (χ3n) is 5.68. The Kier molecular flexibility index (Phi) is 8.03. The van der Waals surface area contributed by atoms with Crippen LogP contribution in [0.3, 0.4) is 0 Å². The molecule has 3 N–H and O–H groups in total. The first-order valence-corrected chi connectivity index (χ1v) is 12.6. The Balaban J connectivity index is 1.66. The molecule has 2 aromatic rings. The van der Waals surface area contributed by atoms with E-state index in [4.69, 9.17) is 9.73 Å². The molecule has 1 amide bonds. The Morgan fingerprint density at radius 1 is 1.23 bits per heavy atom. The van der Waals surface area contributed by atoms with Crippen molar-refractivity contribution < 1.29 is 22.9 Å². The van der Waals surface area contributed by atoms with Crippen LogP contribution in [-0.4, -0.2) is 35.9 Å². The molecule has 0 bridgehead atoms. The SMILES string of the molecule is CS(=O)(=O)Nc1ccc(-c2noc(C(CCCC3CCCCC3)CC(=O)NO)n2)cc1. The maximum atomic E-state index is 11.8. The number of hydrogen-bond acceptors (Lipinski definition) is 7. The summed E-state index contributed by atoms with van der Waals surface area (Å²) < 4.78 is 30.5. The lowest BCUT2D eigenvalue weighted by atomic mass is 9.84. The van der Waals surface area contributed by atoms with Crippen LogP contribution in [0.2, 0.25) is 0 Å². The molecule has 3 rings (SSSR count). The summed E-state index contributed by atoms with van der Waals surface area (Å²) in [5.74, 6) is 0.711. The van der Waals surface area contributed by atoms with E-state index in [9.17, 15) is 13.2 Å². The van der Waals surface area contributed by atoms with Crippen LogP contribution < -0.4 is 10.2 Å². The maximum Gasteiger partial charge on any atom is 0.244 e. The smallest absolute Gasteiger partial charge is 0.244 e. The molecule has 0 spiro atoms. The highest BCUT2D eigenvalue weighted by atomic mass is 32.2. The number of carbonyl (C=O) groups is 1. The van der Waals surface area contributed by atoms with E-state index in [-0.39, 0.29) is 12.3 Å². The van der Waals surface area contributed by atoms with Gasteiger partial charge >= 0.3 is 0 Å². The summed E-state index contributed by atoms with van der Waals surface area (Å²) in [6.07, 6.45) is 10.4. The monoisotopic (exact) mass is 450 g/mol. The normalized spacial score (nSPS) is 16.1. The molecule has 1 aromatic carbocycles. The Hall–Kier alpha value is -2.46. The topological polar surface area (TPSA) is 134 Å². The molecule has 1 unspecified atom stereocenters. The number of hydroxylamine groups is 1. The lowest BCUT2D eigenvalue weighted by Gasteiger charge is -2.22. The van der Waals surface area contributed by atoms with Crippen molar-refractivity contribution in [2.45, 2.75) is 63.7 Å². The molecular weight excluding hydrogens is 420 g/mol. The number of hydrogen-bond donors (Lipinski definition) is 3. The molecule has 10 heteroatoms. The van der Waals surface area contributed by atoms with Crippen LogP contribution in [0.4, 0.5) is 5.69 Å². The molecule has 1 fully saturated rings. The number of sulfonamides is 1. The summed E-state index contributed by atoms with van der Waals surface area (Å²) in [4.78, 5) is 16.2. The standard InChI is InChI=1S/C21H30N4O5S/c1-31(28,29)25-18-12-10-16(11-13-18)20-22-21(30-24-20)17(14-19(26)23-27)9-5-8-15-6-3-2-4-7-15/h10-13,15,17,25,27H,2-9,14H2,1H3,(H,23,26). The first-order chi connectivity index (χ1) is 14.8. The highest BCUT2D eigenvalue weighted by Gasteiger charge is 2.23. The summed E-state index contributed by atoms with van der Waals surface area (Å²) in [6.45, 7) is 0. The summed E-state index contributed by atoms with van der Waals surface area (Å²) in [7, 11) is -3.35. The van der Waals surface area contributed by atoms with Crippen molar-refractivity contribution in [2.75, 3.05) is 11.0 Å². The molecule has 170 valence electrons. The minimum atomic E-state index is -3.35. The number of nitrogens with one attached hydrogen (secondary N) is 2. The van der Waals surface area contributed by atoms with E-state index >= 15 is 0 Å². The number of aromatic nitrogens is 2. The van der Waals surface area contributed by atoms with E-state index < -0.39 is 15.9 Å². The summed E-state index contributed by atoms with van der Waals surface area (Å²) in [5, 5.41) is 13.0. The first-order valence-electron chi connectivity index (χ1n) is 10.7. The predicted octanol–water partition coefficient (Wildman–Crippen LogP) is 3.84. The fraction of sp³-hybridized carbons (Fsp3) is 0.571. The summed E-state index contributed by atoms with van der Waals surface area (Å²) in [5.41, 5.74) is 2.79. The average molecular weight is 451 g/mol. The van der Waals surface area contributed by atoms with Gasteiger partial charge in [0.15, 0.2) is 0 Å². The van der Waals surface area contributed by atoms with E-state index in [1.165, 1.54) is 32.1 Å². The predicted molar refractivity (Wildman–Crippen MR) is 116 cm³/mol. The van der Waals surface area contributed by atoms with Gasteiger partial charge in [-0.25, -0.2) is 13.9 Å². The summed E-state index contributed by atoms with van der Waals surface area (Å²) >= 11 is 0. The van der Waals surface area contributed by atoms with Crippen molar-refractivity contribution in [3.05, 3.63) is 30.2 Å². The third-order valence-corrected chi connectivity index (χ3v) is 6.29. The molecule has 9 nitrogen and oxygen atoms in total. The number of carbonyl (C=O) groups excluding carboxylic acids is 1. The Morgan fingerprint density at radius 2 is 1.94 bits per heavy atom. The van der Waals surface area contributed by atoms with Crippen LogP contribution in [-0.2, 0) is 14.8 Å². The first kappa shape index (κ1) is 23.2. The molecule has 1 aliphatic carbocycles. The number of nitrogens with zero attached hydrogens (tertiary/aromatic N) is 2. The summed E-state index contributed by atoms with van der Waals surface area (Å²) in [6, 6.07) is 6.63. The van der Waals surface area contributed by atoms with E-state index in [1.807, 2.05) is 0 Å². The van der Waals surface area contributed by atoms with Gasteiger partial charge in [-0.15, -0.1) is 0 Å². The average Bonchev–Trinajstić information content (AvgIpc) is 3.23. The minimum absolute atomic E-state index is 0.0695. The van der Waals surface area contributed by atoms with Gasteiger partial charge in [0, 0.05) is 23.6 Å². The zero-order valence-corrected chi connectivity index (χ0v) is 18.5. The minimum Gasteiger partial charge on any atom is -0.339 e. The second kappa shape index (κ2) is 10.7. The number of anilines is 1. The Bertz CT molecular complexity index is 952. The lowest BCUT2D eigenvalue weighted by molar-refractivity contribution is -0.129. The van der Waals surface area contributed by atoms with Gasteiger partial charge in [-0.1, -0.05) is 50.1 Å². The fourth-order valence-electron chi connectivity index (χ4n) is 4.13. The largest absolute Gasteiger partial charge is 0.339 e. The number of rotatable bonds is 10. The van der Waals surface area contributed by atoms with E-state index in [0.717, 1.165) is 31.4 Å². The molecule has 1 aliphatic rings. The van der Waals surface area contributed by atoms with Crippen LogP contribution in [0.1, 0.15) is 69.6 Å². The van der Waals surface area contributed by atoms with E-state index in [0.29, 0.717) is 23.0 Å². The van der Waals surface area contributed by atoms with Gasteiger partial charge in [-0.2, -0.15) is 4.98 Å². The van der Waals surface area contributed by atoms with Crippen molar-refractivity contribution in [3.63, 3.8) is 0 Å². The zero-order chi connectivity index (χ0) is 22.3. The van der Waals surface area contributed by atoms with Crippen molar-refractivity contribution in [3.8, 4) is 11.4 Å². The highest BCUT2D eigenvalue weighted by molar-refractivity contribution is 7.92. The van der Waals surface area contributed by atoms with Crippen molar-refractivity contribution in [1.82, 2.24) is 15.6 Å². The molecule has 1 heterocycles. The molecule has 0 radical (unpaired) electrons. The van der Waals surface area contributed by atoms with Crippen LogP contribution in [0.15, 0.2) is 28.8 Å². The second-order valence-corrected chi connectivity index (χ2v) is 10.0. The molecule has 0 saturated heterocycles. The van der Waals surface area contributed by atoms with E-state index in [2.05, 4.69) is 14.9 Å². The van der Waals surface area contributed by atoms with Gasteiger partial charge in [0.2, 0.25) is 27.6 Å². The van der Waals surface area contributed by atoms with Gasteiger partial charge in [0.05, 0.1) is 6.26 Å². The lowest BCUT2D eigenvalue weighted by Crippen LogP contribution is -2.21. The van der Waals surface area contributed by atoms with Gasteiger partial charge in [-0.3, -0.25) is 14.7 Å². The molecule has 0 aliphatic heterocycles. The van der Waals surface area contributed by atoms with Crippen LogP contribution in [0.5, 0.6) is 0 Å². The molecule has 1 atom stereocenters. The molecule has 1 saturated carbocycles. The Labute approximate surface area is 182 Å². The highest BCUT2D eigenvalue weighted by Crippen LogP contribution is 2.31. The number of amides is 1. The van der Waals surface area contributed by atoms with Crippen LogP contribution in [0.25, 0.3) is 11.4 Å². The number of benzene rings is 1. The molecule has 31 heavy (non-hydrogen) atoms. The van der Waals surface area contributed by atoms with Crippen LogP contribution in [0, 0.1) is 5.92 Å². The van der Waals surface area contributed by atoms with E-state index in [1.54, 1.807) is 29.7 Å². The second-order valence-electron chi connectivity index (χ2n) is 8.28. The third kappa shape index (κ3) is 7.32. The molecular formula is C21H30N4O5S. The zero-order valence-electron chi connectivity index (χ0n) is 17.7.